The SMILES string of the molecule is Clc1ccc2c(Nc3cccc(CCc4cccc(N5CCCC5)n4)c3)ccnc2c1. The number of anilines is 3. The molecule has 0 aliphatic carbocycles. The van der Waals surface area contributed by atoms with Gasteiger partial charge in [0.05, 0.1) is 5.52 Å². The van der Waals surface area contributed by atoms with Crippen LogP contribution < -0.4 is 10.2 Å². The molecule has 4 nitrogen and oxygen atoms in total. The van der Waals surface area contributed by atoms with E-state index in [0.717, 1.165) is 59.7 Å². The lowest BCUT2D eigenvalue weighted by Crippen LogP contribution is -2.19. The smallest absolute Gasteiger partial charge is 0.128 e. The van der Waals surface area contributed by atoms with Crippen molar-refractivity contribution in [1.29, 1.82) is 0 Å². The Hall–Kier alpha value is -3.11. The summed E-state index contributed by atoms with van der Waals surface area (Å²) in [4.78, 5) is 11.7. The summed E-state index contributed by atoms with van der Waals surface area (Å²) in [6, 6.07) is 22.8. The second-order valence-electron chi connectivity index (χ2n) is 8.03. The summed E-state index contributed by atoms with van der Waals surface area (Å²) in [6.45, 7) is 2.25. The summed E-state index contributed by atoms with van der Waals surface area (Å²) in [6.07, 6.45) is 6.24. The first-order chi connectivity index (χ1) is 15.2. The number of nitrogens with one attached hydrogen (secondary N) is 1. The zero-order valence-corrected chi connectivity index (χ0v) is 18.1. The van der Waals surface area contributed by atoms with Crippen LogP contribution >= 0.6 is 11.6 Å². The van der Waals surface area contributed by atoms with Gasteiger partial charge in [-0.1, -0.05) is 29.8 Å². The molecular weight excluding hydrogens is 404 g/mol. The third kappa shape index (κ3) is 4.64. The van der Waals surface area contributed by atoms with Gasteiger partial charge in [-0.15, -0.1) is 0 Å². The van der Waals surface area contributed by atoms with Gasteiger partial charge in [0.15, 0.2) is 0 Å². The van der Waals surface area contributed by atoms with Crippen molar-refractivity contribution in [3.63, 3.8) is 0 Å². The summed E-state index contributed by atoms with van der Waals surface area (Å²) in [5.74, 6) is 1.12. The molecule has 0 amide bonds. The van der Waals surface area contributed by atoms with E-state index in [4.69, 9.17) is 16.6 Å². The molecule has 5 rings (SSSR count). The van der Waals surface area contributed by atoms with Crippen LogP contribution in [-0.4, -0.2) is 23.1 Å². The van der Waals surface area contributed by atoms with Crippen LogP contribution in [0.4, 0.5) is 17.2 Å². The Balaban J connectivity index is 1.29. The van der Waals surface area contributed by atoms with E-state index in [1.54, 1.807) is 0 Å². The normalized spacial score (nSPS) is 13.6. The lowest BCUT2D eigenvalue weighted by Gasteiger charge is -2.17. The standard InChI is InChI=1S/C26H25ClN4/c27-20-10-12-23-24(13-14-28-25(23)18-20)29-22-7-3-5-19(17-22)9-11-21-6-4-8-26(30-21)31-15-1-2-16-31/h3-8,10,12-14,17-18H,1-2,9,11,15-16H2,(H,28,29). The van der Waals surface area contributed by atoms with Gasteiger partial charge in [0.25, 0.3) is 0 Å². The van der Waals surface area contributed by atoms with Crippen molar-refractivity contribution in [2.24, 2.45) is 0 Å². The maximum atomic E-state index is 6.12. The van der Waals surface area contributed by atoms with Gasteiger partial charge < -0.3 is 10.2 Å². The molecule has 5 heteroatoms. The van der Waals surface area contributed by atoms with E-state index in [-0.39, 0.29) is 0 Å². The minimum Gasteiger partial charge on any atom is -0.357 e. The molecule has 3 heterocycles. The van der Waals surface area contributed by atoms with Crippen molar-refractivity contribution in [2.75, 3.05) is 23.3 Å². The first kappa shape index (κ1) is 19.8. The number of pyridine rings is 2. The summed E-state index contributed by atoms with van der Waals surface area (Å²) in [7, 11) is 0. The Morgan fingerprint density at radius 3 is 2.68 bits per heavy atom. The fraction of sp³-hybridized carbons (Fsp3) is 0.231. The Kier molecular flexibility index (Phi) is 5.72. The molecule has 1 N–H and O–H groups in total. The second kappa shape index (κ2) is 8.94. The van der Waals surface area contributed by atoms with Crippen molar-refractivity contribution in [3.8, 4) is 0 Å². The molecule has 0 unspecified atom stereocenters. The molecule has 1 saturated heterocycles. The summed E-state index contributed by atoms with van der Waals surface area (Å²) in [5, 5.41) is 5.30. The van der Waals surface area contributed by atoms with Gasteiger partial charge in [-0.3, -0.25) is 4.98 Å². The Morgan fingerprint density at radius 1 is 0.903 bits per heavy atom. The molecule has 2 aromatic heterocycles. The third-order valence-corrected chi connectivity index (χ3v) is 6.04. The number of aromatic nitrogens is 2. The third-order valence-electron chi connectivity index (χ3n) is 5.80. The van der Waals surface area contributed by atoms with Gasteiger partial charge in [0.1, 0.15) is 5.82 Å². The fourth-order valence-corrected chi connectivity index (χ4v) is 4.36. The van der Waals surface area contributed by atoms with Crippen LogP contribution in [-0.2, 0) is 12.8 Å². The Bertz CT molecular complexity index is 1200. The highest BCUT2D eigenvalue weighted by Gasteiger charge is 2.13. The van der Waals surface area contributed by atoms with Gasteiger partial charge in [-0.25, -0.2) is 4.98 Å². The maximum Gasteiger partial charge on any atom is 0.128 e. The van der Waals surface area contributed by atoms with Crippen molar-refractivity contribution in [1.82, 2.24) is 9.97 Å². The van der Waals surface area contributed by atoms with Crippen LogP contribution in [0.3, 0.4) is 0 Å². The van der Waals surface area contributed by atoms with E-state index >= 15 is 0 Å². The van der Waals surface area contributed by atoms with Crippen molar-refractivity contribution in [3.05, 3.63) is 89.2 Å². The highest BCUT2D eigenvalue weighted by molar-refractivity contribution is 6.31. The van der Waals surface area contributed by atoms with E-state index in [1.165, 1.54) is 18.4 Å². The largest absolute Gasteiger partial charge is 0.357 e. The number of nitrogens with zero attached hydrogens (tertiary/aromatic N) is 3. The molecule has 1 fully saturated rings. The molecule has 2 aromatic carbocycles. The minimum atomic E-state index is 0.696. The van der Waals surface area contributed by atoms with Crippen LogP contribution in [0.5, 0.6) is 0 Å². The molecule has 0 radical (unpaired) electrons. The number of hydrogen-bond acceptors (Lipinski definition) is 4. The second-order valence-corrected chi connectivity index (χ2v) is 8.46. The van der Waals surface area contributed by atoms with Crippen LogP contribution in [0.1, 0.15) is 24.1 Å². The number of hydrogen-bond donors (Lipinski definition) is 1. The zero-order chi connectivity index (χ0) is 21.0. The van der Waals surface area contributed by atoms with Gasteiger partial charge in [-0.05, 0) is 79.8 Å². The predicted molar refractivity (Wildman–Crippen MR) is 130 cm³/mol. The van der Waals surface area contributed by atoms with Crippen LogP contribution in [0.2, 0.25) is 5.02 Å². The van der Waals surface area contributed by atoms with Gasteiger partial charge in [0.2, 0.25) is 0 Å². The van der Waals surface area contributed by atoms with Gasteiger partial charge >= 0.3 is 0 Å². The molecule has 31 heavy (non-hydrogen) atoms. The lowest BCUT2D eigenvalue weighted by atomic mass is 10.1. The van der Waals surface area contributed by atoms with Crippen molar-refractivity contribution in [2.45, 2.75) is 25.7 Å². The number of fused-ring (bicyclic) bond motifs is 1. The summed E-state index contributed by atoms with van der Waals surface area (Å²) < 4.78 is 0. The average Bonchev–Trinajstić information content (AvgIpc) is 3.33. The van der Waals surface area contributed by atoms with E-state index in [0.29, 0.717) is 5.02 Å². The van der Waals surface area contributed by atoms with Gasteiger partial charge in [0, 0.05) is 46.8 Å². The van der Waals surface area contributed by atoms with Crippen molar-refractivity contribution < 1.29 is 0 Å². The lowest BCUT2D eigenvalue weighted by molar-refractivity contribution is 0.880. The topological polar surface area (TPSA) is 41.0 Å². The number of benzene rings is 2. The predicted octanol–water partition coefficient (Wildman–Crippen LogP) is 6.41. The van der Waals surface area contributed by atoms with E-state index < -0.39 is 0 Å². The molecule has 4 aromatic rings. The molecule has 156 valence electrons. The van der Waals surface area contributed by atoms with Crippen molar-refractivity contribution >= 4 is 39.7 Å². The minimum absolute atomic E-state index is 0.696. The fourth-order valence-electron chi connectivity index (χ4n) is 4.19. The van der Waals surface area contributed by atoms with Crippen LogP contribution in [0.25, 0.3) is 10.9 Å². The molecule has 1 aliphatic rings. The molecule has 0 atom stereocenters. The van der Waals surface area contributed by atoms with E-state index in [2.05, 4.69) is 57.7 Å². The quantitative estimate of drug-likeness (QED) is 0.385. The number of halogens is 1. The van der Waals surface area contributed by atoms with Gasteiger partial charge in [-0.2, -0.15) is 0 Å². The summed E-state index contributed by atoms with van der Waals surface area (Å²) >= 11 is 6.12. The monoisotopic (exact) mass is 428 g/mol. The van der Waals surface area contributed by atoms with E-state index in [9.17, 15) is 0 Å². The van der Waals surface area contributed by atoms with Crippen LogP contribution in [0.15, 0.2) is 72.9 Å². The summed E-state index contributed by atoms with van der Waals surface area (Å²) in [5.41, 5.74) is 5.43. The molecule has 1 aliphatic heterocycles. The highest BCUT2D eigenvalue weighted by atomic mass is 35.5. The maximum absolute atomic E-state index is 6.12. The first-order valence-electron chi connectivity index (χ1n) is 10.9. The Morgan fingerprint density at radius 2 is 1.77 bits per heavy atom. The highest BCUT2D eigenvalue weighted by Crippen LogP contribution is 2.27. The van der Waals surface area contributed by atoms with Crippen LogP contribution in [0, 0.1) is 0 Å². The molecular formula is C26H25ClN4. The molecule has 0 bridgehead atoms. The number of rotatable bonds is 6. The molecule has 0 saturated carbocycles. The number of aryl methyl sites for hydroxylation is 2. The average molecular weight is 429 g/mol. The van der Waals surface area contributed by atoms with E-state index in [1.807, 2.05) is 30.5 Å². The zero-order valence-electron chi connectivity index (χ0n) is 17.4. The first-order valence-corrected chi connectivity index (χ1v) is 11.2. The molecule has 0 spiro atoms. The Labute approximate surface area is 187 Å².